The molecule has 1 saturated heterocycles. The fraction of sp³-hybridized carbons (Fsp3) is 0.800. The number of amides is 3. The van der Waals surface area contributed by atoms with Crippen LogP contribution in [-0.4, -0.2) is 56.6 Å². The highest BCUT2D eigenvalue weighted by Crippen LogP contribution is 2.08. The zero-order chi connectivity index (χ0) is 12.0. The molecule has 0 aromatic heterocycles. The molecule has 0 unspecified atom stereocenters. The van der Waals surface area contributed by atoms with Crippen LogP contribution in [-0.2, 0) is 4.79 Å². The summed E-state index contributed by atoms with van der Waals surface area (Å²) in [5.41, 5.74) is 0. The third-order valence-electron chi connectivity index (χ3n) is 2.81. The molecule has 1 aliphatic heterocycles. The first-order valence-electron chi connectivity index (χ1n) is 5.56. The lowest BCUT2D eigenvalue weighted by molar-refractivity contribution is -0.121. The van der Waals surface area contributed by atoms with Gasteiger partial charge in [-0.15, -0.1) is 12.4 Å². The van der Waals surface area contributed by atoms with Gasteiger partial charge in [0.15, 0.2) is 0 Å². The molecule has 0 aromatic carbocycles. The van der Waals surface area contributed by atoms with Crippen molar-refractivity contribution in [3.05, 3.63) is 0 Å². The van der Waals surface area contributed by atoms with Crippen LogP contribution in [0.5, 0.6) is 0 Å². The minimum atomic E-state index is -0.455. The molecule has 0 aliphatic carbocycles. The highest BCUT2D eigenvalue weighted by atomic mass is 35.5. The Morgan fingerprint density at radius 1 is 1.35 bits per heavy atom. The van der Waals surface area contributed by atoms with E-state index in [1.54, 1.807) is 0 Å². The van der Waals surface area contributed by atoms with E-state index in [9.17, 15) is 9.59 Å². The Balaban J connectivity index is 0.00000256. The van der Waals surface area contributed by atoms with Gasteiger partial charge in [0.25, 0.3) is 0 Å². The van der Waals surface area contributed by atoms with Crippen molar-refractivity contribution in [2.24, 2.45) is 0 Å². The number of imide groups is 1. The maximum atomic E-state index is 11.4. The highest BCUT2D eigenvalue weighted by Gasteiger charge is 2.19. The highest BCUT2D eigenvalue weighted by molar-refractivity contribution is 5.95. The standard InChI is InChI=1S/C10H20N4O2.ClH/c1-11-10(16)13-9(15)7-14(2)8-3-5-12-6-4-8;/h8,12H,3-7H2,1-2H3,(H2,11,13,15,16);1H. The first-order valence-corrected chi connectivity index (χ1v) is 5.56. The molecule has 1 fully saturated rings. The van der Waals surface area contributed by atoms with Gasteiger partial charge in [-0.2, -0.15) is 0 Å². The average molecular weight is 265 g/mol. The number of piperidine rings is 1. The van der Waals surface area contributed by atoms with Crippen molar-refractivity contribution < 1.29 is 9.59 Å². The van der Waals surface area contributed by atoms with Crippen molar-refractivity contribution in [2.75, 3.05) is 33.7 Å². The lowest BCUT2D eigenvalue weighted by Crippen LogP contribution is -2.47. The number of nitrogens with one attached hydrogen (secondary N) is 3. The number of carbonyl (C=O) groups is 2. The molecule has 3 amide bonds. The van der Waals surface area contributed by atoms with Gasteiger partial charge in [0.2, 0.25) is 5.91 Å². The summed E-state index contributed by atoms with van der Waals surface area (Å²) in [6.07, 6.45) is 2.09. The smallest absolute Gasteiger partial charge is 0.321 e. The summed E-state index contributed by atoms with van der Waals surface area (Å²) < 4.78 is 0. The Bertz CT molecular complexity index is 257. The zero-order valence-corrected chi connectivity index (χ0v) is 11.1. The van der Waals surface area contributed by atoms with E-state index in [0.29, 0.717) is 6.04 Å². The summed E-state index contributed by atoms with van der Waals surface area (Å²) in [4.78, 5) is 24.3. The third-order valence-corrected chi connectivity index (χ3v) is 2.81. The van der Waals surface area contributed by atoms with Crippen LogP contribution >= 0.6 is 12.4 Å². The number of halogens is 1. The van der Waals surface area contributed by atoms with Gasteiger partial charge in [-0.1, -0.05) is 0 Å². The van der Waals surface area contributed by atoms with E-state index < -0.39 is 6.03 Å². The average Bonchev–Trinajstić information content (AvgIpc) is 2.29. The van der Waals surface area contributed by atoms with Crippen LogP contribution in [0.4, 0.5) is 4.79 Å². The minimum absolute atomic E-state index is 0. The summed E-state index contributed by atoms with van der Waals surface area (Å²) in [5.74, 6) is -0.264. The van der Waals surface area contributed by atoms with Gasteiger partial charge >= 0.3 is 6.03 Å². The molecule has 0 aromatic rings. The molecule has 1 rings (SSSR count). The Kier molecular flexibility index (Phi) is 7.86. The lowest BCUT2D eigenvalue weighted by Gasteiger charge is -2.30. The molecular weight excluding hydrogens is 244 g/mol. The van der Waals surface area contributed by atoms with Crippen molar-refractivity contribution in [1.29, 1.82) is 0 Å². The summed E-state index contributed by atoms with van der Waals surface area (Å²) in [5, 5.41) is 7.88. The van der Waals surface area contributed by atoms with E-state index in [4.69, 9.17) is 0 Å². The van der Waals surface area contributed by atoms with E-state index in [1.165, 1.54) is 7.05 Å². The lowest BCUT2D eigenvalue weighted by atomic mass is 10.1. The Labute approximate surface area is 108 Å². The summed E-state index contributed by atoms with van der Waals surface area (Å²) in [6, 6.07) is -0.0274. The molecular formula is C10H21ClN4O2. The summed E-state index contributed by atoms with van der Waals surface area (Å²) in [7, 11) is 3.40. The molecule has 7 heteroatoms. The molecule has 3 N–H and O–H groups in total. The summed E-state index contributed by atoms with van der Waals surface area (Å²) in [6.45, 7) is 2.25. The molecule has 1 heterocycles. The maximum absolute atomic E-state index is 11.4. The van der Waals surface area contributed by atoms with Crippen LogP contribution < -0.4 is 16.0 Å². The number of hydrogen-bond donors (Lipinski definition) is 3. The van der Waals surface area contributed by atoms with Gasteiger partial charge in [0, 0.05) is 13.1 Å². The van der Waals surface area contributed by atoms with Gasteiger partial charge in [-0.3, -0.25) is 15.0 Å². The number of nitrogens with zero attached hydrogens (tertiary/aromatic N) is 1. The fourth-order valence-electron chi connectivity index (χ4n) is 1.83. The van der Waals surface area contributed by atoms with E-state index in [2.05, 4.69) is 16.0 Å². The fourth-order valence-corrected chi connectivity index (χ4v) is 1.83. The number of rotatable bonds is 3. The van der Waals surface area contributed by atoms with Gasteiger partial charge in [-0.25, -0.2) is 4.79 Å². The van der Waals surface area contributed by atoms with Crippen LogP contribution in [0.15, 0.2) is 0 Å². The van der Waals surface area contributed by atoms with Crippen molar-refractivity contribution in [3.63, 3.8) is 0 Å². The first kappa shape index (κ1) is 16.1. The van der Waals surface area contributed by atoms with E-state index in [1.807, 2.05) is 11.9 Å². The molecule has 0 atom stereocenters. The number of hydrogen-bond acceptors (Lipinski definition) is 4. The normalized spacial score (nSPS) is 16.2. The predicted octanol–water partition coefficient (Wildman–Crippen LogP) is -0.452. The number of urea groups is 1. The second kappa shape index (κ2) is 8.27. The quantitative estimate of drug-likeness (QED) is 0.646. The van der Waals surface area contributed by atoms with Crippen LogP contribution in [0.25, 0.3) is 0 Å². The molecule has 0 radical (unpaired) electrons. The molecule has 0 spiro atoms. The molecule has 0 bridgehead atoms. The molecule has 17 heavy (non-hydrogen) atoms. The predicted molar refractivity (Wildman–Crippen MR) is 68.4 cm³/mol. The molecule has 100 valence electrons. The van der Waals surface area contributed by atoms with Crippen LogP contribution in [0, 0.1) is 0 Å². The Hall–Kier alpha value is -0.850. The second-order valence-electron chi connectivity index (χ2n) is 4.02. The number of likely N-dealkylation sites (N-methyl/N-ethyl adjacent to an activating group) is 1. The van der Waals surface area contributed by atoms with Gasteiger partial charge in [0.05, 0.1) is 6.54 Å². The van der Waals surface area contributed by atoms with Crippen molar-refractivity contribution in [3.8, 4) is 0 Å². The zero-order valence-electron chi connectivity index (χ0n) is 10.3. The monoisotopic (exact) mass is 264 g/mol. The van der Waals surface area contributed by atoms with Crippen LogP contribution in [0.3, 0.4) is 0 Å². The van der Waals surface area contributed by atoms with Gasteiger partial charge in [0.1, 0.15) is 0 Å². The van der Waals surface area contributed by atoms with Crippen LogP contribution in [0.2, 0.25) is 0 Å². The Morgan fingerprint density at radius 2 is 1.94 bits per heavy atom. The van der Waals surface area contributed by atoms with Crippen molar-refractivity contribution >= 4 is 24.3 Å². The maximum Gasteiger partial charge on any atom is 0.321 e. The number of carbonyl (C=O) groups excluding carboxylic acids is 2. The van der Waals surface area contributed by atoms with E-state index in [0.717, 1.165) is 25.9 Å². The topological polar surface area (TPSA) is 73.5 Å². The largest absolute Gasteiger partial charge is 0.341 e. The van der Waals surface area contributed by atoms with E-state index in [-0.39, 0.29) is 24.9 Å². The summed E-state index contributed by atoms with van der Waals surface area (Å²) >= 11 is 0. The first-order chi connectivity index (χ1) is 7.63. The van der Waals surface area contributed by atoms with E-state index >= 15 is 0 Å². The molecule has 1 aliphatic rings. The minimum Gasteiger partial charge on any atom is -0.341 e. The van der Waals surface area contributed by atoms with Crippen molar-refractivity contribution in [1.82, 2.24) is 20.9 Å². The second-order valence-corrected chi connectivity index (χ2v) is 4.02. The van der Waals surface area contributed by atoms with Crippen molar-refractivity contribution in [2.45, 2.75) is 18.9 Å². The van der Waals surface area contributed by atoms with Crippen LogP contribution in [0.1, 0.15) is 12.8 Å². The third kappa shape index (κ3) is 5.86. The Morgan fingerprint density at radius 3 is 2.47 bits per heavy atom. The molecule has 0 saturated carbocycles. The SMILES string of the molecule is CNC(=O)NC(=O)CN(C)C1CCNCC1.Cl. The molecule has 6 nitrogen and oxygen atoms in total. The van der Waals surface area contributed by atoms with Gasteiger partial charge < -0.3 is 10.6 Å². The van der Waals surface area contributed by atoms with Gasteiger partial charge in [-0.05, 0) is 33.0 Å².